The number of amides is 1. The molecule has 0 spiro atoms. The molecule has 0 saturated carbocycles. The van der Waals surface area contributed by atoms with E-state index in [2.05, 4.69) is 15.8 Å². The Labute approximate surface area is 152 Å². The number of anilines is 1. The highest BCUT2D eigenvalue weighted by atomic mass is 16.6. The molecule has 0 heterocycles. The molecule has 0 atom stereocenters. The molecular weight excluding hydrogens is 326 g/mol. The number of para-hydroxylation sites is 2. The molecule has 3 aromatic carbocycles. The zero-order chi connectivity index (χ0) is 18.0. The molecule has 0 bridgehead atoms. The van der Waals surface area contributed by atoms with E-state index in [9.17, 15) is 4.79 Å². The molecule has 0 unspecified atom stereocenters. The van der Waals surface area contributed by atoms with Crippen LogP contribution in [-0.2, 0) is 0 Å². The third-order valence-corrected chi connectivity index (χ3v) is 3.58. The lowest BCUT2D eigenvalue weighted by Crippen LogP contribution is -2.26. The molecule has 0 fully saturated rings. The number of ether oxygens (including phenoxy) is 1. The number of benzene rings is 3. The predicted molar refractivity (Wildman–Crippen MR) is 104 cm³/mol. The van der Waals surface area contributed by atoms with E-state index < -0.39 is 6.09 Å². The standard InChI is InChI=1S/C21H19N3O2/c25-21(26-19-14-8-3-9-15-19)24-23-20(17-10-4-1-5-11-17)16-22-18-12-6-2-7-13-18/h1-15,22H,16H2,(H,24,25)/b23-20-. The first-order valence-corrected chi connectivity index (χ1v) is 8.25. The van der Waals surface area contributed by atoms with Gasteiger partial charge in [0.25, 0.3) is 0 Å². The van der Waals surface area contributed by atoms with Crippen LogP contribution < -0.4 is 15.5 Å². The Morgan fingerprint density at radius 3 is 2.04 bits per heavy atom. The monoisotopic (exact) mass is 345 g/mol. The maximum atomic E-state index is 12.0. The van der Waals surface area contributed by atoms with Gasteiger partial charge in [-0.2, -0.15) is 5.10 Å². The van der Waals surface area contributed by atoms with Crippen LogP contribution in [-0.4, -0.2) is 18.3 Å². The van der Waals surface area contributed by atoms with Gasteiger partial charge >= 0.3 is 6.09 Å². The first-order chi connectivity index (χ1) is 12.8. The molecule has 0 radical (unpaired) electrons. The summed E-state index contributed by atoms with van der Waals surface area (Å²) in [6.45, 7) is 0.458. The largest absolute Gasteiger partial charge is 0.433 e. The van der Waals surface area contributed by atoms with Gasteiger partial charge in [-0.15, -0.1) is 0 Å². The number of hydrogen-bond donors (Lipinski definition) is 2. The lowest BCUT2D eigenvalue weighted by atomic mass is 10.1. The van der Waals surface area contributed by atoms with E-state index in [1.54, 1.807) is 24.3 Å². The highest BCUT2D eigenvalue weighted by molar-refractivity contribution is 6.03. The molecule has 130 valence electrons. The number of rotatable bonds is 6. The number of hydrazone groups is 1. The zero-order valence-electron chi connectivity index (χ0n) is 14.1. The second-order valence-electron chi connectivity index (χ2n) is 5.46. The quantitative estimate of drug-likeness (QED) is 0.517. The molecule has 5 nitrogen and oxygen atoms in total. The summed E-state index contributed by atoms with van der Waals surface area (Å²) in [5, 5.41) is 7.53. The van der Waals surface area contributed by atoms with Gasteiger partial charge in [0.1, 0.15) is 5.75 Å². The van der Waals surface area contributed by atoms with Crippen molar-refractivity contribution in [2.45, 2.75) is 0 Å². The predicted octanol–water partition coefficient (Wildman–Crippen LogP) is 4.29. The molecule has 5 heteroatoms. The number of carbonyl (C=O) groups excluding carboxylic acids is 1. The van der Waals surface area contributed by atoms with Crippen molar-refractivity contribution >= 4 is 17.5 Å². The van der Waals surface area contributed by atoms with Crippen molar-refractivity contribution in [1.82, 2.24) is 5.43 Å². The summed E-state index contributed by atoms with van der Waals surface area (Å²) in [5.74, 6) is 0.462. The first kappa shape index (κ1) is 17.2. The van der Waals surface area contributed by atoms with Crippen LogP contribution >= 0.6 is 0 Å². The topological polar surface area (TPSA) is 62.7 Å². The second kappa shape index (κ2) is 9.03. The van der Waals surface area contributed by atoms with Crippen LogP contribution in [0.2, 0.25) is 0 Å². The Morgan fingerprint density at radius 2 is 1.38 bits per heavy atom. The van der Waals surface area contributed by atoms with Crippen molar-refractivity contribution in [3.05, 3.63) is 96.6 Å². The van der Waals surface area contributed by atoms with Gasteiger partial charge in [0, 0.05) is 5.69 Å². The molecule has 0 saturated heterocycles. The Balaban J connectivity index is 1.68. The summed E-state index contributed by atoms with van der Waals surface area (Å²) in [6, 6.07) is 28.3. The van der Waals surface area contributed by atoms with Crippen LogP contribution in [0.4, 0.5) is 10.5 Å². The van der Waals surface area contributed by atoms with E-state index in [-0.39, 0.29) is 0 Å². The second-order valence-corrected chi connectivity index (χ2v) is 5.46. The molecule has 0 aliphatic rings. The SMILES string of the molecule is O=C(N/N=C(/CNc1ccccc1)c1ccccc1)Oc1ccccc1. The van der Waals surface area contributed by atoms with E-state index in [1.807, 2.05) is 66.7 Å². The Morgan fingerprint density at radius 1 is 0.808 bits per heavy atom. The average Bonchev–Trinajstić information content (AvgIpc) is 2.70. The van der Waals surface area contributed by atoms with Crippen LogP contribution in [0.5, 0.6) is 5.75 Å². The molecule has 0 aliphatic heterocycles. The maximum Gasteiger partial charge on any atom is 0.433 e. The van der Waals surface area contributed by atoms with E-state index in [0.29, 0.717) is 18.0 Å². The summed E-state index contributed by atoms with van der Waals surface area (Å²) in [6.07, 6.45) is -0.635. The van der Waals surface area contributed by atoms with Crippen LogP contribution in [0.25, 0.3) is 0 Å². The first-order valence-electron chi connectivity index (χ1n) is 8.25. The molecule has 2 N–H and O–H groups in total. The Bertz CT molecular complexity index is 850. The third kappa shape index (κ3) is 5.21. The van der Waals surface area contributed by atoms with Gasteiger partial charge in [0.05, 0.1) is 12.3 Å². The molecule has 0 aromatic heterocycles. The van der Waals surface area contributed by atoms with E-state index >= 15 is 0 Å². The minimum absolute atomic E-state index is 0.458. The van der Waals surface area contributed by atoms with Crippen molar-refractivity contribution < 1.29 is 9.53 Å². The summed E-state index contributed by atoms with van der Waals surface area (Å²) in [4.78, 5) is 12.0. The lowest BCUT2D eigenvalue weighted by molar-refractivity contribution is 0.201. The van der Waals surface area contributed by atoms with Gasteiger partial charge in [-0.1, -0.05) is 66.7 Å². The molecule has 1 amide bonds. The van der Waals surface area contributed by atoms with Crippen molar-refractivity contribution in [2.75, 3.05) is 11.9 Å². The zero-order valence-corrected chi connectivity index (χ0v) is 14.1. The van der Waals surface area contributed by atoms with Gasteiger partial charge in [-0.25, -0.2) is 10.2 Å². The molecule has 3 aromatic rings. The van der Waals surface area contributed by atoms with E-state index in [1.165, 1.54) is 0 Å². The average molecular weight is 345 g/mol. The van der Waals surface area contributed by atoms with Crippen molar-refractivity contribution in [2.24, 2.45) is 5.10 Å². The van der Waals surface area contributed by atoms with Crippen LogP contribution in [0.1, 0.15) is 5.56 Å². The number of nitrogens with zero attached hydrogens (tertiary/aromatic N) is 1. The minimum atomic E-state index is -0.635. The van der Waals surface area contributed by atoms with Crippen LogP contribution in [0.3, 0.4) is 0 Å². The Hall–Kier alpha value is -3.60. The highest BCUT2D eigenvalue weighted by Gasteiger charge is 2.07. The van der Waals surface area contributed by atoms with Crippen LogP contribution in [0, 0.1) is 0 Å². The van der Waals surface area contributed by atoms with Crippen molar-refractivity contribution in [3.63, 3.8) is 0 Å². The van der Waals surface area contributed by atoms with Gasteiger partial charge in [0.2, 0.25) is 0 Å². The smallest absolute Gasteiger partial charge is 0.409 e. The molecule has 3 rings (SSSR count). The summed E-state index contributed by atoms with van der Waals surface area (Å²) < 4.78 is 5.19. The summed E-state index contributed by atoms with van der Waals surface area (Å²) in [5.41, 5.74) is 5.03. The highest BCUT2D eigenvalue weighted by Crippen LogP contribution is 2.09. The normalized spacial score (nSPS) is 10.8. The van der Waals surface area contributed by atoms with Crippen molar-refractivity contribution in [1.29, 1.82) is 0 Å². The fraction of sp³-hybridized carbons (Fsp3) is 0.0476. The molecule has 26 heavy (non-hydrogen) atoms. The lowest BCUT2D eigenvalue weighted by Gasteiger charge is -2.10. The van der Waals surface area contributed by atoms with Gasteiger partial charge < -0.3 is 10.1 Å². The Kier molecular flexibility index (Phi) is 5.99. The van der Waals surface area contributed by atoms with Gasteiger partial charge in [-0.05, 0) is 29.8 Å². The maximum absolute atomic E-state index is 12.0. The minimum Gasteiger partial charge on any atom is -0.409 e. The molecule has 0 aliphatic carbocycles. The van der Waals surface area contributed by atoms with Crippen LogP contribution in [0.15, 0.2) is 96.1 Å². The summed E-state index contributed by atoms with van der Waals surface area (Å²) in [7, 11) is 0. The number of hydrogen-bond acceptors (Lipinski definition) is 4. The fourth-order valence-electron chi connectivity index (χ4n) is 2.31. The molecular formula is C21H19N3O2. The fourth-order valence-corrected chi connectivity index (χ4v) is 2.31. The third-order valence-electron chi connectivity index (χ3n) is 3.58. The number of nitrogens with one attached hydrogen (secondary N) is 2. The van der Waals surface area contributed by atoms with Crippen molar-refractivity contribution in [3.8, 4) is 5.75 Å². The van der Waals surface area contributed by atoms with E-state index in [0.717, 1.165) is 11.3 Å². The van der Waals surface area contributed by atoms with Gasteiger partial charge in [0.15, 0.2) is 0 Å². The number of carbonyl (C=O) groups is 1. The van der Waals surface area contributed by atoms with Gasteiger partial charge in [-0.3, -0.25) is 0 Å². The van der Waals surface area contributed by atoms with E-state index in [4.69, 9.17) is 4.74 Å². The summed E-state index contributed by atoms with van der Waals surface area (Å²) >= 11 is 0.